The number of hydrogen-bond acceptors (Lipinski definition) is 4. The minimum atomic E-state index is -2.95. The smallest absolute Gasteiger partial charge is 0.387 e. The summed E-state index contributed by atoms with van der Waals surface area (Å²) in [5.41, 5.74) is 2.56. The van der Waals surface area contributed by atoms with Crippen LogP contribution in [0.3, 0.4) is 0 Å². The first-order valence-corrected chi connectivity index (χ1v) is 10.4. The second kappa shape index (κ2) is 11.7. The highest BCUT2D eigenvalue weighted by Crippen LogP contribution is 2.33. The molecule has 0 atom stereocenters. The molecule has 0 bridgehead atoms. The number of aliphatic imine (C=N–C) groups is 1. The molecule has 9 heteroatoms. The van der Waals surface area contributed by atoms with Crippen molar-refractivity contribution in [2.45, 2.75) is 33.5 Å². The number of halogens is 2. The average Bonchev–Trinajstić information content (AvgIpc) is 3.32. The number of guanidine groups is 1. The van der Waals surface area contributed by atoms with E-state index in [1.54, 1.807) is 37.6 Å². The van der Waals surface area contributed by atoms with Gasteiger partial charge < -0.3 is 24.7 Å². The van der Waals surface area contributed by atoms with E-state index in [-0.39, 0.29) is 18.0 Å². The van der Waals surface area contributed by atoms with Gasteiger partial charge in [0, 0.05) is 31.0 Å². The number of nitrogens with one attached hydrogen (secondary N) is 2. The van der Waals surface area contributed by atoms with Crippen molar-refractivity contribution in [2.24, 2.45) is 4.99 Å². The van der Waals surface area contributed by atoms with E-state index in [1.165, 1.54) is 0 Å². The van der Waals surface area contributed by atoms with Crippen molar-refractivity contribution in [1.29, 1.82) is 0 Å². The van der Waals surface area contributed by atoms with Gasteiger partial charge in [-0.3, -0.25) is 0 Å². The molecule has 0 spiro atoms. The lowest BCUT2D eigenvalue weighted by atomic mass is 10.1. The van der Waals surface area contributed by atoms with E-state index in [9.17, 15) is 8.78 Å². The summed E-state index contributed by atoms with van der Waals surface area (Å²) < 4.78 is 38.0. The summed E-state index contributed by atoms with van der Waals surface area (Å²) in [5, 5.41) is 6.47. The highest BCUT2D eigenvalue weighted by molar-refractivity contribution is 5.79. The Kier molecular flexibility index (Phi) is 8.42. The largest absolute Gasteiger partial charge is 0.490 e. The first-order chi connectivity index (χ1) is 15.6. The van der Waals surface area contributed by atoms with E-state index in [4.69, 9.17) is 9.47 Å². The molecule has 32 heavy (non-hydrogen) atoms. The van der Waals surface area contributed by atoms with Gasteiger partial charge in [0.2, 0.25) is 0 Å². The zero-order valence-electron chi connectivity index (χ0n) is 18.1. The molecule has 0 saturated carbocycles. The molecule has 0 saturated heterocycles. The summed E-state index contributed by atoms with van der Waals surface area (Å²) in [6.07, 6.45) is 5.35. The molecule has 0 aliphatic carbocycles. The molecular formula is C23H27F2N5O2. The number of benzene rings is 2. The Hall–Kier alpha value is -3.62. The van der Waals surface area contributed by atoms with Crippen LogP contribution in [0.4, 0.5) is 8.78 Å². The molecule has 0 unspecified atom stereocenters. The molecule has 0 radical (unpaired) electrons. The van der Waals surface area contributed by atoms with Crippen molar-refractivity contribution >= 4 is 5.96 Å². The standard InChI is InChI=1S/C23H27F2N5O2/c1-3-27-23(28-14-17-8-5-6-10-19(17)30-13-12-26-16-30)29-15-18-9-7-11-20(31-4-2)21(18)32-22(24)25/h5-13,16,22H,3-4,14-15H2,1-2H3,(H2,27,28,29). The Morgan fingerprint density at radius 1 is 1.09 bits per heavy atom. The van der Waals surface area contributed by atoms with Gasteiger partial charge in [0.25, 0.3) is 0 Å². The van der Waals surface area contributed by atoms with Crippen LogP contribution in [0.25, 0.3) is 5.69 Å². The SMILES string of the molecule is CCNC(=NCc1cccc(OCC)c1OC(F)F)NCc1ccccc1-n1ccnc1. The van der Waals surface area contributed by atoms with E-state index in [0.717, 1.165) is 11.3 Å². The van der Waals surface area contributed by atoms with Crippen LogP contribution >= 0.6 is 0 Å². The minimum Gasteiger partial charge on any atom is -0.490 e. The maximum Gasteiger partial charge on any atom is 0.387 e. The van der Waals surface area contributed by atoms with Crippen LogP contribution in [0.2, 0.25) is 0 Å². The van der Waals surface area contributed by atoms with Crippen LogP contribution in [0.1, 0.15) is 25.0 Å². The summed E-state index contributed by atoms with van der Waals surface area (Å²) in [6.45, 7) is 2.43. The zero-order chi connectivity index (χ0) is 22.8. The quantitative estimate of drug-likeness (QED) is 0.364. The predicted molar refractivity (Wildman–Crippen MR) is 119 cm³/mol. The van der Waals surface area contributed by atoms with Crippen molar-refractivity contribution in [2.75, 3.05) is 13.2 Å². The molecule has 0 fully saturated rings. The molecule has 2 aromatic carbocycles. The second-order valence-electron chi connectivity index (χ2n) is 6.70. The molecule has 2 N–H and O–H groups in total. The Bertz CT molecular complexity index is 1010. The maximum atomic E-state index is 13.0. The Labute approximate surface area is 186 Å². The summed E-state index contributed by atoms with van der Waals surface area (Å²) in [5.74, 6) is 0.833. The van der Waals surface area contributed by atoms with Gasteiger partial charge in [-0.1, -0.05) is 30.3 Å². The first kappa shape index (κ1) is 23.1. The second-order valence-corrected chi connectivity index (χ2v) is 6.70. The number of para-hydroxylation sites is 2. The molecule has 7 nitrogen and oxygen atoms in total. The van der Waals surface area contributed by atoms with Crippen molar-refractivity contribution < 1.29 is 18.3 Å². The molecule has 170 valence electrons. The van der Waals surface area contributed by atoms with Gasteiger partial charge in [-0.2, -0.15) is 8.78 Å². The van der Waals surface area contributed by atoms with Crippen LogP contribution in [0.15, 0.2) is 66.2 Å². The van der Waals surface area contributed by atoms with Crippen LogP contribution < -0.4 is 20.1 Å². The highest BCUT2D eigenvalue weighted by atomic mass is 19.3. The third-order valence-corrected chi connectivity index (χ3v) is 4.54. The molecule has 1 heterocycles. The van der Waals surface area contributed by atoms with Gasteiger partial charge in [0.1, 0.15) is 0 Å². The van der Waals surface area contributed by atoms with E-state index in [2.05, 4.69) is 20.6 Å². The number of alkyl halides is 2. The van der Waals surface area contributed by atoms with Crippen molar-refractivity contribution in [3.8, 4) is 17.2 Å². The molecular weight excluding hydrogens is 416 g/mol. The highest BCUT2D eigenvalue weighted by Gasteiger charge is 2.15. The zero-order valence-corrected chi connectivity index (χ0v) is 18.1. The van der Waals surface area contributed by atoms with E-state index < -0.39 is 6.61 Å². The number of imidazole rings is 1. The topological polar surface area (TPSA) is 72.7 Å². The van der Waals surface area contributed by atoms with Gasteiger partial charge in [-0.15, -0.1) is 0 Å². The number of rotatable bonds is 10. The normalized spacial score (nSPS) is 11.5. The third kappa shape index (κ3) is 6.19. The van der Waals surface area contributed by atoms with Gasteiger partial charge >= 0.3 is 6.61 Å². The summed E-state index contributed by atoms with van der Waals surface area (Å²) >= 11 is 0. The summed E-state index contributed by atoms with van der Waals surface area (Å²) in [6, 6.07) is 13.0. The van der Waals surface area contributed by atoms with E-state index in [0.29, 0.717) is 31.2 Å². The van der Waals surface area contributed by atoms with Gasteiger partial charge in [-0.25, -0.2) is 9.98 Å². The average molecular weight is 443 g/mol. The maximum absolute atomic E-state index is 13.0. The Morgan fingerprint density at radius 3 is 2.62 bits per heavy atom. The number of ether oxygens (including phenoxy) is 2. The Balaban J connectivity index is 1.78. The first-order valence-electron chi connectivity index (χ1n) is 10.4. The number of nitrogens with zero attached hydrogens (tertiary/aromatic N) is 3. The number of aromatic nitrogens is 2. The summed E-state index contributed by atoms with van der Waals surface area (Å²) in [4.78, 5) is 8.66. The lowest BCUT2D eigenvalue weighted by molar-refractivity contribution is -0.0520. The monoisotopic (exact) mass is 443 g/mol. The van der Waals surface area contributed by atoms with Crippen molar-refractivity contribution in [3.05, 3.63) is 72.3 Å². The fraction of sp³-hybridized carbons (Fsp3) is 0.304. The van der Waals surface area contributed by atoms with Crippen molar-refractivity contribution in [3.63, 3.8) is 0 Å². The Morgan fingerprint density at radius 2 is 1.91 bits per heavy atom. The molecule has 0 amide bonds. The van der Waals surface area contributed by atoms with Gasteiger partial charge in [0.05, 0.1) is 25.2 Å². The van der Waals surface area contributed by atoms with E-state index in [1.807, 2.05) is 42.0 Å². The predicted octanol–water partition coefficient (Wildman–Crippen LogP) is 4.13. The van der Waals surface area contributed by atoms with Crippen LogP contribution in [0.5, 0.6) is 11.5 Å². The number of hydrogen-bond donors (Lipinski definition) is 2. The summed E-state index contributed by atoms with van der Waals surface area (Å²) in [7, 11) is 0. The minimum absolute atomic E-state index is 0.00871. The van der Waals surface area contributed by atoms with Crippen LogP contribution in [-0.4, -0.2) is 35.3 Å². The van der Waals surface area contributed by atoms with E-state index >= 15 is 0 Å². The molecule has 1 aromatic heterocycles. The van der Waals surface area contributed by atoms with Crippen molar-refractivity contribution in [1.82, 2.24) is 20.2 Å². The molecule has 0 aliphatic heterocycles. The molecule has 0 aliphatic rings. The fourth-order valence-corrected chi connectivity index (χ4v) is 3.18. The lowest BCUT2D eigenvalue weighted by Gasteiger charge is -2.16. The van der Waals surface area contributed by atoms with Gasteiger partial charge in [0.15, 0.2) is 17.5 Å². The van der Waals surface area contributed by atoms with Gasteiger partial charge in [-0.05, 0) is 31.5 Å². The lowest BCUT2D eigenvalue weighted by Crippen LogP contribution is -2.37. The third-order valence-electron chi connectivity index (χ3n) is 4.54. The van der Waals surface area contributed by atoms with Crippen LogP contribution in [-0.2, 0) is 13.1 Å². The molecule has 3 aromatic rings. The molecule has 3 rings (SSSR count). The fourth-order valence-electron chi connectivity index (χ4n) is 3.18. The van der Waals surface area contributed by atoms with Crippen LogP contribution in [0, 0.1) is 0 Å².